The Kier molecular flexibility index (Phi) is 3.87. The van der Waals surface area contributed by atoms with Gasteiger partial charge in [0.05, 0.1) is 0 Å². The number of aromatic carboxylic acids is 1. The Morgan fingerprint density at radius 2 is 2.36 bits per heavy atom. The summed E-state index contributed by atoms with van der Waals surface area (Å²) in [4.78, 5) is 14.2. The van der Waals surface area contributed by atoms with E-state index in [1.54, 1.807) is 6.07 Å². The van der Waals surface area contributed by atoms with Crippen molar-refractivity contribution in [2.75, 3.05) is 18.5 Å². The summed E-state index contributed by atoms with van der Waals surface area (Å²) in [5.74, 6) is -1.05. The Morgan fingerprint density at radius 1 is 1.57 bits per heavy atom. The molecule has 5 heteroatoms. The largest absolute Gasteiger partial charge is 0.477 e. The smallest absolute Gasteiger partial charge is 0.354 e. The van der Waals surface area contributed by atoms with Gasteiger partial charge < -0.3 is 15.5 Å². The van der Waals surface area contributed by atoms with Crippen LogP contribution >= 0.6 is 0 Å². The average Bonchev–Trinajstić information content (AvgIpc) is 2.19. The van der Waals surface area contributed by atoms with Gasteiger partial charge in [0.15, 0.2) is 0 Å². The van der Waals surface area contributed by atoms with Crippen LogP contribution in [0.4, 0.5) is 5.69 Å². The van der Waals surface area contributed by atoms with Crippen LogP contribution in [-0.2, 0) is 0 Å². The second-order valence-corrected chi connectivity index (χ2v) is 2.74. The molecule has 0 aliphatic rings. The zero-order valence-corrected chi connectivity index (χ0v) is 7.60. The normalized spacial score (nSPS) is 9.79. The van der Waals surface area contributed by atoms with Crippen LogP contribution in [0.1, 0.15) is 16.9 Å². The van der Waals surface area contributed by atoms with Gasteiger partial charge >= 0.3 is 5.97 Å². The number of pyridine rings is 1. The van der Waals surface area contributed by atoms with Gasteiger partial charge in [-0.15, -0.1) is 0 Å². The molecule has 5 nitrogen and oxygen atoms in total. The summed E-state index contributed by atoms with van der Waals surface area (Å²) in [6.45, 7) is 0.726. The maximum absolute atomic E-state index is 10.6. The number of carbonyl (C=O) groups is 1. The van der Waals surface area contributed by atoms with E-state index in [1.165, 1.54) is 12.3 Å². The highest BCUT2D eigenvalue weighted by Gasteiger charge is 2.03. The van der Waals surface area contributed by atoms with Gasteiger partial charge in [-0.3, -0.25) is 0 Å². The predicted molar refractivity (Wildman–Crippen MR) is 51.4 cm³/mol. The van der Waals surface area contributed by atoms with Crippen molar-refractivity contribution < 1.29 is 15.0 Å². The first-order valence-corrected chi connectivity index (χ1v) is 4.28. The van der Waals surface area contributed by atoms with E-state index in [1.807, 2.05) is 0 Å². The Labute approximate surface area is 81.4 Å². The lowest BCUT2D eigenvalue weighted by Crippen LogP contribution is -2.06. The second kappa shape index (κ2) is 5.18. The van der Waals surface area contributed by atoms with Crippen LogP contribution in [0.5, 0.6) is 0 Å². The molecule has 1 rings (SSSR count). The fraction of sp³-hybridized carbons (Fsp3) is 0.333. The number of rotatable bonds is 5. The molecular weight excluding hydrogens is 184 g/mol. The van der Waals surface area contributed by atoms with E-state index in [2.05, 4.69) is 10.3 Å². The Hall–Kier alpha value is -1.62. The zero-order valence-electron chi connectivity index (χ0n) is 7.60. The fourth-order valence-electron chi connectivity index (χ4n) is 0.969. The lowest BCUT2D eigenvalue weighted by atomic mass is 10.3. The molecule has 0 amide bonds. The molecule has 0 aromatic carbocycles. The molecule has 0 atom stereocenters. The van der Waals surface area contributed by atoms with E-state index in [0.29, 0.717) is 18.7 Å². The second-order valence-electron chi connectivity index (χ2n) is 2.74. The maximum Gasteiger partial charge on any atom is 0.354 e. The van der Waals surface area contributed by atoms with E-state index < -0.39 is 5.97 Å². The van der Waals surface area contributed by atoms with Crippen LogP contribution in [0.3, 0.4) is 0 Å². The monoisotopic (exact) mass is 196 g/mol. The first kappa shape index (κ1) is 10.5. The van der Waals surface area contributed by atoms with Gasteiger partial charge in [0.25, 0.3) is 0 Å². The van der Waals surface area contributed by atoms with Crippen molar-refractivity contribution in [3.8, 4) is 0 Å². The number of hydrogen-bond acceptors (Lipinski definition) is 4. The highest BCUT2D eigenvalue weighted by Crippen LogP contribution is 2.07. The van der Waals surface area contributed by atoms with Crippen LogP contribution in [0.25, 0.3) is 0 Å². The summed E-state index contributed by atoms with van der Waals surface area (Å²) >= 11 is 0. The van der Waals surface area contributed by atoms with E-state index in [9.17, 15) is 4.79 Å². The molecule has 3 N–H and O–H groups in total. The van der Waals surface area contributed by atoms with Gasteiger partial charge in [-0.05, 0) is 18.6 Å². The third-order valence-corrected chi connectivity index (χ3v) is 1.64. The lowest BCUT2D eigenvalue weighted by molar-refractivity contribution is 0.0690. The molecule has 0 bridgehead atoms. The molecule has 0 unspecified atom stereocenters. The molecule has 0 aliphatic carbocycles. The van der Waals surface area contributed by atoms with Gasteiger partial charge in [-0.2, -0.15) is 0 Å². The molecule has 0 saturated heterocycles. The number of carboxylic acids is 1. The molecule has 1 aromatic rings. The van der Waals surface area contributed by atoms with Crippen LogP contribution < -0.4 is 5.32 Å². The third kappa shape index (κ3) is 3.02. The standard InChI is InChI=1S/C9H12N2O3/c12-5-1-3-10-7-2-4-11-8(6-7)9(13)14/h2,4,6,12H,1,3,5H2,(H,10,11)(H,13,14). The van der Waals surface area contributed by atoms with Crippen LogP contribution in [-0.4, -0.2) is 34.3 Å². The Morgan fingerprint density at radius 3 is 3.00 bits per heavy atom. The molecule has 0 fully saturated rings. The quantitative estimate of drug-likeness (QED) is 0.600. The molecule has 0 spiro atoms. The van der Waals surface area contributed by atoms with Gasteiger partial charge in [0.1, 0.15) is 5.69 Å². The molecule has 1 aromatic heterocycles. The summed E-state index contributed by atoms with van der Waals surface area (Å²) in [5, 5.41) is 20.2. The number of aliphatic hydroxyl groups is 1. The molecule has 0 saturated carbocycles. The van der Waals surface area contributed by atoms with Gasteiger partial charge in [-0.1, -0.05) is 0 Å². The molecule has 0 radical (unpaired) electrons. The van der Waals surface area contributed by atoms with Gasteiger partial charge in [-0.25, -0.2) is 9.78 Å². The number of carboxylic acid groups (broad SMARTS) is 1. The number of anilines is 1. The van der Waals surface area contributed by atoms with Crippen LogP contribution in [0, 0.1) is 0 Å². The van der Waals surface area contributed by atoms with Gasteiger partial charge in [0.2, 0.25) is 0 Å². The minimum absolute atomic E-state index is 0.0130. The summed E-state index contributed by atoms with van der Waals surface area (Å²) in [7, 11) is 0. The fourth-order valence-corrected chi connectivity index (χ4v) is 0.969. The minimum Gasteiger partial charge on any atom is -0.477 e. The molecule has 1 heterocycles. The van der Waals surface area contributed by atoms with Crippen molar-refractivity contribution in [3.05, 3.63) is 24.0 Å². The lowest BCUT2D eigenvalue weighted by Gasteiger charge is -2.04. The zero-order chi connectivity index (χ0) is 10.4. The maximum atomic E-state index is 10.6. The van der Waals surface area contributed by atoms with E-state index in [4.69, 9.17) is 10.2 Å². The van der Waals surface area contributed by atoms with E-state index in [0.717, 1.165) is 0 Å². The van der Waals surface area contributed by atoms with Crippen molar-refractivity contribution in [2.45, 2.75) is 6.42 Å². The number of nitrogens with zero attached hydrogens (tertiary/aromatic N) is 1. The third-order valence-electron chi connectivity index (χ3n) is 1.64. The number of hydrogen-bond donors (Lipinski definition) is 3. The highest BCUT2D eigenvalue weighted by atomic mass is 16.4. The van der Waals surface area contributed by atoms with Crippen molar-refractivity contribution in [1.29, 1.82) is 0 Å². The minimum atomic E-state index is -1.05. The first-order chi connectivity index (χ1) is 6.74. The van der Waals surface area contributed by atoms with Crippen molar-refractivity contribution >= 4 is 11.7 Å². The first-order valence-electron chi connectivity index (χ1n) is 4.28. The highest BCUT2D eigenvalue weighted by molar-refractivity contribution is 5.86. The molecule has 14 heavy (non-hydrogen) atoms. The molecule has 0 aliphatic heterocycles. The molecule has 76 valence electrons. The SMILES string of the molecule is O=C(O)c1cc(NCCCO)ccn1. The van der Waals surface area contributed by atoms with Gasteiger partial charge in [0, 0.05) is 25.0 Å². The Balaban J connectivity index is 2.59. The van der Waals surface area contributed by atoms with E-state index >= 15 is 0 Å². The topological polar surface area (TPSA) is 82.5 Å². The molecular formula is C9H12N2O3. The summed E-state index contributed by atoms with van der Waals surface area (Å²) in [6.07, 6.45) is 2.06. The number of aliphatic hydroxyl groups excluding tert-OH is 1. The summed E-state index contributed by atoms with van der Waals surface area (Å²) in [6, 6.07) is 3.14. The summed E-state index contributed by atoms with van der Waals surface area (Å²) < 4.78 is 0. The average molecular weight is 196 g/mol. The number of nitrogens with one attached hydrogen (secondary N) is 1. The van der Waals surface area contributed by atoms with Crippen molar-refractivity contribution in [3.63, 3.8) is 0 Å². The van der Waals surface area contributed by atoms with Crippen LogP contribution in [0.15, 0.2) is 18.3 Å². The summed E-state index contributed by atoms with van der Waals surface area (Å²) in [5.41, 5.74) is 0.713. The Bertz CT molecular complexity index is 315. The van der Waals surface area contributed by atoms with Crippen molar-refractivity contribution in [2.24, 2.45) is 0 Å². The van der Waals surface area contributed by atoms with Crippen LogP contribution in [0.2, 0.25) is 0 Å². The van der Waals surface area contributed by atoms with Crippen molar-refractivity contribution in [1.82, 2.24) is 4.98 Å². The van der Waals surface area contributed by atoms with E-state index in [-0.39, 0.29) is 12.3 Å². The predicted octanol–water partition coefficient (Wildman–Crippen LogP) is 0.574. The number of aromatic nitrogens is 1.